The number of hydrogen-bond acceptors (Lipinski definition) is 8. The van der Waals surface area contributed by atoms with Gasteiger partial charge in [-0.25, -0.2) is 33.4 Å². The minimum absolute atomic E-state index is 0.0131. The topological polar surface area (TPSA) is 78.2 Å². The molecule has 1 aromatic carbocycles. The molecular weight excluding hydrogens is 464 g/mol. The van der Waals surface area contributed by atoms with Gasteiger partial charge in [-0.3, -0.25) is 0 Å². The summed E-state index contributed by atoms with van der Waals surface area (Å²) >= 11 is 0. The highest BCUT2D eigenvalue weighted by Crippen LogP contribution is 2.29. The van der Waals surface area contributed by atoms with Crippen molar-refractivity contribution in [3.63, 3.8) is 0 Å². The van der Waals surface area contributed by atoms with E-state index in [1.165, 1.54) is 6.07 Å². The van der Waals surface area contributed by atoms with Gasteiger partial charge < -0.3 is 20.1 Å². The molecule has 3 aromatic heterocycles. The van der Waals surface area contributed by atoms with E-state index in [0.717, 1.165) is 31.4 Å². The van der Waals surface area contributed by atoms with Gasteiger partial charge >= 0.3 is 0 Å². The van der Waals surface area contributed by atoms with Crippen molar-refractivity contribution in [2.24, 2.45) is 0 Å². The van der Waals surface area contributed by atoms with Crippen LogP contribution in [0.4, 0.5) is 26.2 Å². The summed E-state index contributed by atoms with van der Waals surface area (Å²) in [4.78, 5) is 21.7. The number of aryl methyl sites for hydroxylation is 1. The minimum atomic E-state index is -0.653. The molecule has 4 aromatic rings. The molecule has 0 saturated carbocycles. The van der Waals surface area contributed by atoms with Crippen molar-refractivity contribution in [3.05, 3.63) is 54.1 Å². The number of rotatable bonds is 6. The van der Waals surface area contributed by atoms with Crippen molar-refractivity contribution in [2.75, 3.05) is 56.5 Å². The Labute approximate surface area is 208 Å². The first-order valence-electron chi connectivity index (χ1n) is 11.7. The van der Waals surface area contributed by atoms with E-state index >= 15 is 0 Å². The van der Waals surface area contributed by atoms with Crippen molar-refractivity contribution in [1.82, 2.24) is 29.5 Å². The van der Waals surface area contributed by atoms with Crippen LogP contribution in [0.15, 0.2) is 36.7 Å². The fourth-order valence-corrected chi connectivity index (χ4v) is 4.67. The molecule has 0 amide bonds. The van der Waals surface area contributed by atoms with E-state index in [0.29, 0.717) is 28.8 Å². The molecule has 0 spiro atoms. The molecular formula is C25H29F2N9. The number of imidazole rings is 1. The van der Waals surface area contributed by atoms with Crippen LogP contribution < -0.4 is 15.2 Å². The van der Waals surface area contributed by atoms with Crippen LogP contribution in [0.25, 0.3) is 22.3 Å². The lowest BCUT2D eigenvalue weighted by Crippen LogP contribution is -2.31. The summed E-state index contributed by atoms with van der Waals surface area (Å²) in [5.41, 5.74) is 2.06. The Balaban J connectivity index is 1.41. The first kappa shape index (κ1) is 23.9. The molecule has 1 aliphatic rings. The number of pyridine rings is 1. The molecule has 0 aliphatic carbocycles. The number of anilines is 3. The zero-order chi connectivity index (χ0) is 25.6. The lowest BCUT2D eigenvalue weighted by atomic mass is 10.1. The largest absolute Gasteiger partial charge is 0.369 e. The summed E-state index contributed by atoms with van der Waals surface area (Å²) in [5.74, 6) is 0.118. The lowest BCUT2D eigenvalue weighted by molar-refractivity contribution is 0.315. The molecule has 36 heavy (non-hydrogen) atoms. The molecule has 9 nitrogen and oxygen atoms in total. The molecule has 5 rings (SSSR count). The summed E-state index contributed by atoms with van der Waals surface area (Å²) in [5, 5.41) is 4.81. The van der Waals surface area contributed by atoms with Gasteiger partial charge in [-0.2, -0.15) is 0 Å². The van der Waals surface area contributed by atoms with Gasteiger partial charge in [0.25, 0.3) is 0 Å². The van der Waals surface area contributed by atoms with Crippen molar-refractivity contribution in [2.45, 2.75) is 19.4 Å². The Morgan fingerprint density at radius 2 is 1.81 bits per heavy atom. The quantitative estimate of drug-likeness (QED) is 0.437. The summed E-state index contributed by atoms with van der Waals surface area (Å²) < 4.78 is 31.4. The van der Waals surface area contributed by atoms with Gasteiger partial charge in [-0.05, 0) is 51.7 Å². The number of likely N-dealkylation sites (N-methyl/N-ethyl adjacent to an activating group) is 1. The van der Waals surface area contributed by atoms with E-state index in [1.54, 1.807) is 28.9 Å². The smallest absolute Gasteiger partial charge is 0.229 e. The third-order valence-electron chi connectivity index (χ3n) is 6.52. The SMILES string of the molecule is Cc1nc2c(F)cc(-c3nc(Nc4ccc(N5CCC(N(C)C)C5)cn4)ncc3F)cc2n1N(C)C. The van der Waals surface area contributed by atoms with Crippen LogP contribution in [-0.2, 0) is 0 Å². The molecule has 1 atom stereocenters. The molecule has 0 radical (unpaired) electrons. The average molecular weight is 494 g/mol. The van der Waals surface area contributed by atoms with E-state index in [4.69, 9.17) is 0 Å². The van der Waals surface area contributed by atoms with Gasteiger partial charge in [0, 0.05) is 38.8 Å². The van der Waals surface area contributed by atoms with Gasteiger partial charge in [0.2, 0.25) is 5.95 Å². The molecule has 188 valence electrons. The van der Waals surface area contributed by atoms with Gasteiger partial charge in [0.05, 0.1) is 23.6 Å². The molecule has 1 fully saturated rings. The maximum atomic E-state index is 14.9. The minimum Gasteiger partial charge on any atom is -0.369 e. The van der Waals surface area contributed by atoms with Crippen molar-refractivity contribution in [1.29, 1.82) is 0 Å². The van der Waals surface area contributed by atoms with Crippen molar-refractivity contribution >= 4 is 28.5 Å². The molecule has 4 heterocycles. The fraction of sp³-hybridized carbons (Fsp3) is 0.360. The van der Waals surface area contributed by atoms with Crippen LogP contribution in [0.1, 0.15) is 12.2 Å². The summed E-state index contributed by atoms with van der Waals surface area (Å²) in [6.07, 6.45) is 3.99. The maximum absolute atomic E-state index is 14.9. The van der Waals surface area contributed by atoms with E-state index < -0.39 is 11.6 Å². The fourth-order valence-electron chi connectivity index (χ4n) is 4.67. The first-order chi connectivity index (χ1) is 17.2. The van der Waals surface area contributed by atoms with Crippen LogP contribution in [-0.4, -0.2) is 76.8 Å². The predicted octanol–water partition coefficient (Wildman–Crippen LogP) is 3.56. The average Bonchev–Trinajstić information content (AvgIpc) is 3.46. The predicted molar refractivity (Wildman–Crippen MR) is 137 cm³/mol. The number of nitrogens with zero attached hydrogens (tertiary/aromatic N) is 8. The molecule has 1 aliphatic heterocycles. The van der Waals surface area contributed by atoms with E-state index in [9.17, 15) is 8.78 Å². The number of fused-ring (bicyclic) bond motifs is 1. The summed E-state index contributed by atoms with van der Waals surface area (Å²) in [6, 6.07) is 7.28. The van der Waals surface area contributed by atoms with Crippen LogP contribution in [0.2, 0.25) is 0 Å². The lowest BCUT2D eigenvalue weighted by Gasteiger charge is -2.21. The van der Waals surface area contributed by atoms with E-state index in [1.807, 2.05) is 26.2 Å². The van der Waals surface area contributed by atoms with Gasteiger partial charge in [-0.15, -0.1) is 0 Å². The highest BCUT2D eigenvalue weighted by atomic mass is 19.1. The Morgan fingerprint density at radius 3 is 2.47 bits per heavy atom. The third kappa shape index (κ3) is 4.41. The van der Waals surface area contributed by atoms with Gasteiger partial charge in [0.1, 0.15) is 22.9 Å². The zero-order valence-electron chi connectivity index (χ0n) is 21.0. The number of benzene rings is 1. The number of aromatic nitrogens is 5. The normalized spacial score (nSPS) is 15.8. The summed E-state index contributed by atoms with van der Waals surface area (Å²) in [6.45, 7) is 3.73. The van der Waals surface area contributed by atoms with Crippen LogP contribution in [0, 0.1) is 18.6 Å². The first-order valence-corrected chi connectivity index (χ1v) is 11.7. The Bertz CT molecular complexity index is 1400. The van der Waals surface area contributed by atoms with Crippen LogP contribution >= 0.6 is 0 Å². The standard InChI is InChI=1S/C25H29F2N9/c1-15-30-24-19(26)10-16(11-21(24)36(15)34(4)5)23-20(27)13-29-25(32-23)31-22-7-6-17(12-28-22)35-9-8-18(14-35)33(2)3/h6-7,10-13,18H,8-9,14H2,1-5H3,(H,28,29,31,32). The van der Waals surface area contributed by atoms with Crippen LogP contribution in [0.5, 0.6) is 0 Å². The molecule has 11 heteroatoms. The molecule has 1 unspecified atom stereocenters. The molecule has 1 N–H and O–H groups in total. The second-order valence-electron chi connectivity index (χ2n) is 9.41. The van der Waals surface area contributed by atoms with Gasteiger partial charge in [0.15, 0.2) is 11.6 Å². The highest BCUT2D eigenvalue weighted by molar-refractivity contribution is 5.83. The number of nitrogens with one attached hydrogen (secondary N) is 1. The number of halogens is 2. The Morgan fingerprint density at radius 1 is 1.00 bits per heavy atom. The summed E-state index contributed by atoms with van der Waals surface area (Å²) in [7, 11) is 7.85. The Kier molecular flexibility index (Phi) is 6.17. The third-order valence-corrected chi connectivity index (χ3v) is 6.52. The second kappa shape index (κ2) is 9.30. The maximum Gasteiger partial charge on any atom is 0.229 e. The number of hydrogen-bond donors (Lipinski definition) is 1. The van der Waals surface area contributed by atoms with Crippen molar-refractivity contribution < 1.29 is 8.78 Å². The zero-order valence-corrected chi connectivity index (χ0v) is 21.0. The second-order valence-corrected chi connectivity index (χ2v) is 9.41. The monoisotopic (exact) mass is 493 g/mol. The van der Waals surface area contributed by atoms with E-state index in [-0.39, 0.29) is 17.2 Å². The molecule has 0 bridgehead atoms. The highest BCUT2D eigenvalue weighted by Gasteiger charge is 2.24. The van der Waals surface area contributed by atoms with Gasteiger partial charge in [-0.1, -0.05) is 0 Å². The van der Waals surface area contributed by atoms with E-state index in [2.05, 4.69) is 49.1 Å². The Hall–Kier alpha value is -3.86. The molecule has 1 saturated heterocycles. The van der Waals surface area contributed by atoms with Crippen LogP contribution in [0.3, 0.4) is 0 Å². The van der Waals surface area contributed by atoms with Crippen molar-refractivity contribution in [3.8, 4) is 11.3 Å².